The number of amidine groups is 1. The van der Waals surface area contributed by atoms with Gasteiger partial charge in [-0.1, -0.05) is 13.0 Å². The fraction of sp³-hybridized carbons (Fsp3) is 0.312. The van der Waals surface area contributed by atoms with Crippen LogP contribution in [-0.2, 0) is 0 Å². The molecule has 2 heterocycles. The summed E-state index contributed by atoms with van der Waals surface area (Å²) in [5, 5.41) is 4.21. The first kappa shape index (κ1) is 15.4. The predicted octanol–water partition coefficient (Wildman–Crippen LogP) is 3.71. The summed E-state index contributed by atoms with van der Waals surface area (Å²) in [4.78, 5) is 14.4. The maximum atomic E-state index is 4.48. The summed E-state index contributed by atoms with van der Waals surface area (Å²) in [7, 11) is 1.78. The molecule has 0 aromatic carbocycles. The molecule has 0 amide bonds. The van der Waals surface area contributed by atoms with Crippen molar-refractivity contribution < 1.29 is 0 Å². The maximum Gasteiger partial charge on any atom is 0.133 e. The molecule has 0 saturated heterocycles. The number of aliphatic imine (C=N–C) groups is 1. The average molecular weight is 300 g/mol. The molecular weight excluding hydrogens is 280 g/mol. The monoisotopic (exact) mass is 300 g/mol. The number of aromatic nitrogens is 2. The van der Waals surface area contributed by atoms with Crippen molar-refractivity contribution in [2.75, 3.05) is 7.05 Å². The fourth-order valence-electron chi connectivity index (χ4n) is 1.90. The molecule has 0 aliphatic carbocycles. The molecule has 1 N–H and O–H groups in total. The summed E-state index contributed by atoms with van der Waals surface area (Å²) in [6.07, 6.45) is 8.71. The zero-order valence-electron chi connectivity index (χ0n) is 12.8. The first-order valence-corrected chi connectivity index (χ1v) is 7.75. The van der Waals surface area contributed by atoms with Crippen molar-refractivity contribution in [1.82, 2.24) is 15.3 Å². The summed E-state index contributed by atoms with van der Waals surface area (Å²) < 4.78 is 0. The van der Waals surface area contributed by atoms with Crippen molar-refractivity contribution >= 4 is 17.2 Å². The third-order valence-corrected chi connectivity index (χ3v) is 3.97. The Labute approximate surface area is 129 Å². The standard InChI is InChI=1S/C16H20N4S/c1-5-6-7-18-15(17-4)14-8-13(10-19-12(14)3)16-20-9-11(2)21-16/h6-10H,5H2,1-4H3,(H,17,18)/b7-6+. The van der Waals surface area contributed by atoms with Crippen molar-refractivity contribution in [3.8, 4) is 10.6 Å². The first-order valence-electron chi connectivity index (χ1n) is 6.93. The highest BCUT2D eigenvalue weighted by atomic mass is 32.1. The minimum absolute atomic E-state index is 0.819. The molecule has 0 aliphatic heterocycles. The van der Waals surface area contributed by atoms with Gasteiger partial charge in [-0.2, -0.15) is 0 Å². The fourth-order valence-corrected chi connectivity index (χ4v) is 2.64. The van der Waals surface area contributed by atoms with Crippen molar-refractivity contribution in [2.45, 2.75) is 27.2 Å². The SMILES string of the molecule is CC/C=C/NC(=NC)c1cc(-c2ncc(C)s2)cnc1C. The van der Waals surface area contributed by atoms with Crippen molar-refractivity contribution in [3.63, 3.8) is 0 Å². The highest BCUT2D eigenvalue weighted by Gasteiger charge is 2.10. The summed E-state index contributed by atoms with van der Waals surface area (Å²) >= 11 is 1.67. The molecule has 0 saturated carbocycles. The van der Waals surface area contributed by atoms with Gasteiger partial charge in [0.1, 0.15) is 10.8 Å². The Hall–Kier alpha value is -2.01. The van der Waals surface area contributed by atoms with E-state index in [1.54, 1.807) is 18.4 Å². The van der Waals surface area contributed by atoms with Gasteiger partial charge in [0.05, 0.1) is 0 Å². The van der Waals surface area contributed by atoms with E-state index in [0.29, 0.717) is 0 Å². The number of nitrogens with zero attached hydrogens (tertiary/aromatic N) is 3. The molecule has 21 heavy (non-hydrogen) atoms. The van der Waals surface area contributed by atoms with Gasteiger partial charge < -0.3 is 5.32 Å². The predicted molar refractivity (Wildman–Crippen MR) is 89.8 cm³/mol. The number of pyridine rings is 1. The smallest absolute Gasteiger partial charge is 0.133 e. The van der Waals surface area contributed by atoms with E-state index in [2.05, 4.69) is 46.3 Å². The molecule has 2 aromatic rings. The highest BCUT2D eigenvalue weighted by molar-refractivity contribution is 7.14. The first-order chi connectivity index (χ1) is 10.2. The molecule has 0 unspecified atom stereocenters. The van der Waals surface area contributed by atoms with Gasteiger partial charge in [0.15, 0.2) is 0 Å². The second kappa shape index (κ2) is 7.13. The summed E-state index contributed by atoms with van der Waals surface area (Å²) in [5.74, 6) is 0.819. The van der Waals surface area contributed by atoms with Crippen molar-refractivity contribution in [3.05, 3.63) is 46.9 Å². The minimum Gasteiger partial charge on any atom is -0.347 e. The Morgan fingerprint density at radius 2 is 2.14 bits per heavy atom. The lowest BCUT2D eigenvalue weighted by Gasteiger charge is -2.09. The van der Waals surface area contributed by atoms with Gasteiger partial charge in [0.2, 0.25) is 0 Å². The molecule has 0 bridgehead atoms. The van der Waals surface area contributed by atoms with Crippen LogP contribution in [0.3, 0.4) is 0 Å². The molecule has 0 spiro atoms. The lowest BCUT2D eigenvalue weighted by Crippen LogP contribution is -2.20. The molecule has 0 atom stereocenters. The Balaban J connectivity index is 2.36. The summed E-state index contributed by atoms with van der Waals surface area (Å²) in [5.41, 5.74) is 2.98. The molecule has 0 aliphatic rings. The third-order valence-electron chi connectivity index (χ3n) is 3.01. The number of rotatable bonds is 4. The van der Waals surface area contributed by atoms with E-state index in [4.69, 9.17) is 0 Å². The normalized spacial score (nSPS) is 12.1. The van der Waals surface area contributed by atoms with Gasteiger partial charge in [-0.25, -0.2) is 4.98 Å². The molecular formula is C16H20N4S. The van der Waals surface area contributed by atoms with Crippen LogP contribution in [0, 0.1) is 13.8 Å². The topological polar surface area (TPSA) is 50.2 Å². The van der Waals surface area contributed by atoms with E-state index < -0.39 is 0 Å². The third kappa shape index (κ3) is 3.76. The van der Waals surface area contributed by atoms with Crippen molar-refractivity contribution in [2.24, 2.45) is 4.99 Å². The second-order valence-corrected chi connectivity index (χ2v) is 5.89. The molecule has 0 radical (unpaired) electrons. The number of nitrogens with one attached hydrogen (secondary N) is 1. The number of hydrogen-bond donors (Lipinski definition) is 1. The Bertz CT molecular complexity index is 671. The number of aryl methyl sites for hydroxylation is 2. The van der Waals surface area contributed by atoms with E-state index in [1.807, 2.05) is 25.5 Å². The molecule has 2 aromatic heterocycles. The molecule has 0 fully saturated rings. The van der Waals surface area contributed by atoms with Crippen LogP contribution in [-0.4, -0.2) is 22.9 Å². The number of hydrogen-bond acceptors (Lipinski definition) is 4. The zero-order valence-corrected chi connectivity index (χ0v) is 13.7. The lowest BCUT2D eigenvalue weighted by atomic mass is 10.1. The number of allylic oxidation sites excluding steroid dienone is 1. The van der Waals surface area contributed by atoms with E-state index in [-0.39, 0.29) is 0 Å². The Kier molecular flexibility index (Phi) is 5.22. The largest absolute Gasteiger partial charge is 0.347 e. The van der Waals surface area contributed by atoms with Gasteiger partial charge in [-0.05, 0) is 32.5 Å². The maximum absolute atomic E-state index is 4.48. The van der Waals surface area contributed by atoms with Gasteiger partial charge in [-0.3, -0.25) is 9.98 Å². The van der Waals surface area contributed by atoms with Crippen molar-refractivity contribution in [1.29, 1.82) is 0 Å². The summed E-state index contributed by atoms with van der Waals surface area (Å²) in [6.45, 7) is 6.14. The quantitative estimate of drug-likeness (QED) is 0.691. The van der Waals surface area contributed by atoms with Gasteiger partial charge in [0.25, 0.3) is 0 Å². The molecule has 4 nitrogen and oxygen atoms in total. The van der Waals surface area contributed by atoms with Crippen LogP contribution in [0.1, 0.15) is 29.5 Å². The Morgan fingerprint density at radius 3 is 2.76 bits per heavy atom. The van der Waals surface area contributed by atoms with Crippen LogP contribution < -0.4 is 5.32 Å². The average Bonchev–Trinajstić information content (AvgIpc) is 2.91. The van der Waals surface area contributed by atoms with Crippen LogP contribution in [0.15, 0.2) is 35.7 Å². The highest BCUT2D eigenvalue weighted by Crippen LogP contribution is 2.25. The van der Waals surface area contributed by atoms with Gasteiger partial charge >= 0.3 is 0 Å². The van der Waals surface area contributed by atoms with Crippen LogP contribution >= 0.6 is 11.3 Å². The van der Waals surface area contributed by atoms with Crippen LogP contribution in [0.2, 0.25) is 0 Å². The Morgan fingerprint density at radius 1 is 1.33 bits per heavy atom. The van der Waals surface area contributed by atoms with Crippen LogP contribution in [0.5, 0.6) is 0 Å². The minimum atomic E-state index is 0.819. The molecule has 110 valence electrons. The number of thiazole rings is 1. The van der Waals surface area contributed by atoms with E-state index in [1.165, 1.54) is 4.88 Å². The van der Waals surface area contributed by atoms with Crippen LogP contribution in [0.25, 0.3) is 10.6 Å². The van der Waals surface area contributed by atoms with Gasteiger partial charge in [0, 0.05) is 41.1 Å². The molecule has 5 heteroatoms. The van der Waals surface area contributed by atoms with E-state index in [9.17, 15) is 0 Å². The van der Waals surface area contributed by atoms with Crippen LogP contribution in [0.4, 0.5) is 0 Å². The van der Waals surface area contributed by atoms with Gasteiger partial charge in [-0.15, -0.1) is 11.3 Å². The lowest BCUT2D eigenvalue weighted by molar-refractivity contribution is 1.13. The van der Waals surface area contributed by atoms with E-state index in [0.717, 1.165) is 34.1 Å². The van der Waals surface area contributed by atoms with E-state index >= 15 is 0 Å². The zero-order chi connectivity index (χ0) is 15.2. The summed E-state index contributed by atoms with van der Waals surface area (Å²) in [6, 6.07) is 2.09. The molecule has 2 rings (SSSR count). The second-order valence-electron chi connectivity index (χ2n) is 4.66.